The first kappa shape index (κ1) is 16.6. The first-order valence-corrected chi connectivity index (χ1v) is 7.30. The SMILES string of the molecule is O=C([O-])[C@H](O)C(O)[C@H](O)C[S+]1C[C@@H](O)[C@H](O)[C@H]1CO. The topological polar surface area (TPSA) is 162 Å². The Labute approximate surface area is 112 Å². The largest absolute Gasteiger partial charge is 0.547 e. The Balaban J connectivity index is 2.61. The van der Waals surface area contributed by atoms with Crippen LogP contribution < -0.4 is 5.11 Å². The number of rotatable bonds is 6. The Bertz CT molecular complexity index is 314. The molecule has 0 radical (unpaired) electrons. The number of aliphatic hydroxyl groups is 6. The number of aliphatic carboxylic acids is 1. The van der Waals surface area contributed by atoms with Crippen LogP contribution in [0.2, 0.25) is 0 Å². The van der Waals surface area contributed by atoms with E-state index in [4.69, 9.17) is 10.2 Å². The third kappa shape index (κ3) is 3.78. The molecule has 7 atom stereocenters. The summed E-state index contributed by atoms with van der Waals surface area (Å²) in [7, 11) is -0.790. The fraction of sp³-hybridized carbons (Fsp3) is 0.900. The quantitative estimate of drug-likeness (QED) is 0.265. The molecule has 1 rings (SSSR count). The first-order chi connectivity index (χ1) is 8.79. The molecule has 0 aliphatic carbocycles. The summed E-state index contributed by atoms with van der Waals surface area (Å²) >= 11 is 0. The first-order valence-electron chi connectivity index (χ1n) is 5.68. The van der Waals surface area contributed by atoms with Crippen LogP contribution in [0, 0.1) is 0 Å². The van der Waals surface area contributed by atoms with Crippen molar-refractivity contribution in [2.24, 2.45) is 0 Å². The molecule has 1 heterocycles. The van der Waals surface area contributed by atoms with Crippen molar-refractivity contribution >= 4 is 16.9 Å². The van der Waals surface area contributed by atoms with Crippen molar-refractivity contribution in [3.8, 4) is 0 Å². The number of carbonyl (C=O) groups is 1. The Morgan fingerprint density at radius 1 is 1.32 bits per heavy atom. The highest BCUT2D eigenvalue weighted by atomic mass is 32.2. The lowest BCUT2D eigenvalue weighted by Gasteiger charge is -2.23. The van der Waals surface area contributed by atoms with E-state index in [1.807, 2.05) is 0 Å². The van der Waals surface area contributed by atoms with Gasteiger partial charge in [-0.1, -0.05) is 0 Å². The van der Waals surface area contributed by atoms with Gasteiger partial charge in [0.15, 0.2) is 5.25 Å². The average Bonchev–Trinajstić information content (AvgIpc) is 2.62. The molecule has 19 heavy (non-hydrogen) atoms. The van der Waals surface area contributed by atoms with Crippen molar-refractivity contribution in [2.75, 3.05) is 18.1 Å². The summed E-state index contributed by atoms with van der Waals surface area (Å²) in [5.41, 5.74) is 0. The minimum atomic E-state index is -2.22. The number of hydrogen-bond donors (Lipinski definition) is 6. The molecule has 0 aromatic carbocycles. The van der Waals surface area contributed by atoms with Crippen LogP contribution >= 0.6 is 0 Å². The van der Waals surface area contributed by atoms with Gasteiger partial charge in [0.05, 0.1) is 12.6 Å². The fourth-order valence-electron chi connectivity index (χ4n) is 1.96. The Kier molecular flexibility index (Phi) is 5.99. The standard InChI is InChI=1S/C10H18O8S/c11-1-6-7(14)4(12)2-19(6)3-5(13)8(15)9(16)10(17)18/h4-9,11-16H,1-3H2/t4-,5-,6-,7+,8?,9-,19?/m1/s1. The molecule has 8 nitrogen and oxygen atoms in total. The van der Waals surface area contributed by atoms with E-state index in [0.29, 0.717) is 0 Å². The summed E-state index contributed by atoms with van der Waals surface area (Å²) < 4.78 is 0. The molecular weight excluding hydrogens is 280 g/mol. The lowest BCUT2D eigenvalue weighted by Crippen LogP contribution is -2.51. The van der Waals surface area contributed by atoms with Crippen LogP contribution in [-0.4, -0.2) is 90.5 Å². The molecule has 1 aliphatic rings. The van der Waals surface area contributed by atoms with Crippen LogP contribution in [0.4, 0.5) is 0 Å². The van der Waals surface area contributed by atoms with Gasteiger partial charge in [0.25, 0.3) is 0 Å². The third-order valence-corrected chi connectivity index (χ3v) is 5.94. The molecule has 1 saturated heterocycles. The maximum Gasteiger partial charge on any atom is 0.169 e. The van der Waals surface area contributed by atoms with Crippen molar-refractivity contribution < 1.29 is 40.5 Å². The molecular formula is C10H18O8S. The molecule has 9 heteroatoms. The normalized spacial score (nSPS) is 35.9. The molecule has 1 fully saturated rings. The molecule has 6 N–H and O–H groups in total. The van der Waals surface area contributed by atoms with Crippen LogP contribution in [-0.2, 0) is 15.7 Å². The summed E-state index contributed by atoms with van der Waals surface area (Å²) in [6.07, 6.45) is -7.85. The van der Waals surface area contributed by atoms with E-state index in [1.54, 1.807) is 0 Å². The van der Waals surface area contributed by atoms with Crippen LogP contribution in [0.5, 0.6) is 0 Å². The van der Waals surface area contributed by atoms with Crippen molar-refractivity contribution in [3.05, 3.63) is 0 Å². The van der Waals surface area contributed by atoms with E-state index in [-0.39, 0.29) is 11.5 Å². The fourth-order valence-corrected chi connectivity index (χ4v) is 4.65. The highest BCUT2D eigenvalue weighted by Gasteiger charge is 2.50. The van der Waals surface area contributed by atoms with Crippen LogP contribution in [0.3, 0.4) is 0 Å². The van der Waals surface area contributed by atoms with Gasteiger partial charge in [-0.05, 0) is 0 Å². The molecule has 112 valence electrons. The molecule has 0 spiro atoms. The van der Waals surface area contributed by atoms with Gasteiger partial charge in [-0.2, -0.15) is 0 Å². The van der Waals surface area contributed by atoms with E-state index in [1.165, 1.54) is 0 Å². The molecule has 1 aliphatic heterocycles. The van der Waals surface area contributed by atoms with E-state index in [9.17, 15) is 30.3 Å². The maximum atomic E-state index is 10.4. The Morgan fingerprint density at radius 3 is 2.37 bits per heavy atom. The zero-order valence-electron chi connectivity index (χ0n) is 9.99. The lowest BCUT2D eigenvalue weighted by atomic mass is 10.1. The van der Waals surface area contributed by atoms with Gasteiger partial charge in [0, 0.05) is 10.9 Å². The Hall–Kier alpha value is -0.420. The molecule has 0 aromatic heterocycles. The minimum Gasteiger partial charge on any atom is -0.547 e. The van der Waals surface area contributed by atoms with Gasteiger partial charge < -0.3 is 40.5 Å². The van der Waals surface area contributed by atoms with Gasteiger partial charge in [0.1, 0.15) is 42.0 Å². The van der Waals surface area contributed by atoms with Gasteiger partial charge in [-0.3, -0.25) is 0 Å². The zero-order valence-corrected chi connectivity index (χ0v) is 10.8. The summed E-state index contributed by atoms with van der Waals surface area (Å²) in [6.45, 7) is -0.396. The molecule has 0 saturated carbocycles. The van der Waals surface area contributed by atoms with Crippen molar-refractivity contribution in [3.63, 3.8) is 0 Å². The van der Waals surface area contributed by atoms with E-state index >= 15 is 0 Å². The second kappa shape index (κ2) is 6.84. The molecule has 0 amide bonds. The van der Waals surface area contributed by atoms with Crippen molar-refractivity contribution in [1.29, 1.82) is 0 Å². The van der Waals surface area contributed by atoms with Crippen molar-refractivity contribution in [1.82, 2.24) is 0 Å². The summed E-state index contributed by atoms with van der Waals surface area (Å²) in [4.78, 5) is 10.4. The van der Waals surface area contributed by atoms with Gasteiger partial charge in [-0.15, -0.1) is 0 Å². The van der Waals surface area contributed by atoms with Crippen molar-refractivity contribution in [2.45, 2.75) is 35.8 Å². The van der Waals surface area contributed by atoms with Gasteiger partial charge in [-0.25, -0.2) is 0 Å². The van der Waals surface area contributed by atoms with E-state index < -0.39 is 59.2 Å². The monoisotopic (exact) mass is 298 g/mol. The number of hydrogen-bond acceptors (Lipinski definition) is 8. The number of carboxylic acids is 1. The van der Waals surface area contributed by atoms with Crippen LogP contribution in [0.15, 0.2) is 0 Å². The minimum absolute atomic E-state index is 0.134. The average molecular weight is 298 g/mol. The van der Waals surface area contributed by atoms with E-state index in [2.05, 4.69) is 0 Å². The summed E-state index contributed by atoms with van der Waals surface area (Å²) in [6, 6.07) is 0. The predicted octanol–water partition coefficient (Wildman–Crippen LogP) is -5.47. The van der Waals surface area contributed by atoms with Crippen LogP contribution in [0.1, 0.15) is 0 Å². The maximum absolute atomic E-state index is 10.4. The highest BCUT2D eigenvalue weighted by Crippen LogP contribution is 2.25. The number of aliphatic hydroxyl groups excluding tert-OH is 6. The van der Waals surface area contributed by atoms with Gasteiger partial charge >= 0.3 is 0 Å². The highest BCUT2D eigenvalue weighted by molar-refractivity contribution is 7.97. The molecule has 0 bridgehead atoms. The molecule has 0 aromatic rings. The second-order valence-corrected chi connectivity index (χ2v) is 6.82. The van der Waals surface area contributed by atoms with Gasteiger partial charge in [0.2, 0.25) is 0 Å². The lowest BCUT2D eigenvalue weighted by molar-refractivity contribution is -0.319. The second-order valence-electron chi connectivity index (χ2n) is 4.47. The number of carbonyl (C=O) groups excluding carboxylic acids is 1. The third-order valence-electron chi connectivity index (χ3n) is 3.11. The summed E-state index contributed by atoms with van der Waals surface area (Å²) in [5.74, 6) is -1.90. The summed E-state index contributed by atoms with van der Waals surface area (Å²) in [5, 5.41) is 66.0. The zero-order chi connectivity index (χ0) is 14.7. The smallest absolute Gasteiger partial charge is 0.169 e. The number of carboxylic acid groups (broad SMARTS) is 1. The Morgan fingerprint density at radius 2 is 1.89 bits per heavy atom. The van der Waals surface area contributed by atoms with Crippen LogP contribution in [0.25, 0.3) is 0 Å². The molecule has 2 unspecified atom stereocenters. The van der Waals surface area contributed by atoms with E-state index in [0.717, 1.165) is 0 Å². The predicted molar refractivity (Wildman–Crippen MR) is 63.0 cm³/mol.